The molecule has 0 bridgehead atoms. The van der Waals surface area contributed by atoms with Crippen molar-refractivity contribution in [3.05, 3.63) is 70.4 Å². The highest BCUT2D eigenvalue weighted by molar-refractivity contribution is 7.20. The van der Waals surface area contributed by atoms with Crippen LogP contribution < -0.4 is 15.4 Å². The molecule has 2 N–H and O–H groups in total. The van der Waals surface area contributed by atoms with Crippen LogP contribution in [0.5, 0.6) is 5.75 Å². The number of benzene rings is 2. The first-order valence-corrected chi connectivity index (χ1v) is 15.5. The summed E-state index contributed by atoms with van der Waals surface area (Å²) >= 11 is 1.32. The van der Waals surface area contributed by atoms with Gasteiger partial charge in [-0.15, -0.1) is 11.3 Å². The number of fused-ring (bicyclic) bond motifs is 3. The molecule has 0 saturated carbocycles. The van der Waals surface area contributed by atoms with Crippen LogP contribution in [0.1, 0.15) is 61.8 Å². The van der Waals surface area contributed by atoms with E-state index in [-0.39, 0.29) is 30.2 Å². The van der Waals surface area contributed by atoms with E-state index in [0.717, 1.165) is 35.0 Å². The van der Waals surface area contributed by atoms with Gasteiger partial charge in [0.05, 0.1) is 36.7 Å². The van der Waals surface area contributed by atoms with E-state index in [0.29, 0.717) is 52.0 Å². The predicted molar refractivity (Wildman–Crippen MR) is 173 cm³/mol. The maximum Gasteiger partial charge on any atom is 0.348 e. The van der Waals surface area contributed by atoms with Gasteiger partial charge in [-0.25, -0.2) is 4.79 Å². The molecule has 0 radical (unpaired) electrons. The average Bonchev–Trinajstić information content (AvgIpc) is 3.74. The molecule has 4 heterocycles. The Hall–Kier alpha value is -4.97. The Morgan fingerprint density at radius 1 is 1.09 bits per heavy atom. The van der Waals surface area contributed by atoms with Crippen LogP contribution in [0, 0.1) is 6.92 Å². The number of carbonyl (C=O) groups excluding carboxylic acids is 4. The summed E-state index contributed by atoms with van der Waals surface area (Å²) in [5.74, 6) is -0.288. The molecule has 2 aromatic carbocycles. The summed E-state index contributed by atoms with van der Waals surface area (Å²) in [4.78, 5) is 57.5. The van der Waals surface area contributed by atoms with Gasteiger partial charge in [-0.2, -0.15) is 0 Å². The highest BCUT2D eigenvalue weighted by atomic mass is 32.1. The van der Waals surface area contributed by atoms with Crippen LogP contribution in [0.25, 0.3) is 10.1 Å². The number of aliphatic imine (C=N–C) groups is 1. The summed E-state index contributed by atoms with van der Waals surface area (Å²) < 4.78 is 13.3. The molecule has 0 unspecified atom stereocenters. The Morgan fingerprint density at radius 3 is 2.76 bits per heavy atom. The number of rotatable bonds is 9. The summed E-state index contributed by atoms with van der Waals surface area (Å²) in [7, 11) is 3.07. The first kappa shape index (κ1) is 30.1. The number of aromatic nitrogens is 1. The minimum atomic E-state index is -0.401. The zero-order chi connectivity index (χ0) is 31.7. The smallest absolute Gasteiger partial charge is 0.348 e. The number of aryl methyl sites for hydroxylation is 2. The van der Waals surface area contributed by atoms with E-state index in [9.17, 15) is 19.2 Å². The number of amides is 3. The van der Waals surface area contributed by atoms with Gasteiger partial charge in [0.1, 0.15) is 16.3 Å². The normalized spacial score (nSPS) is 15.4. The fourth-order valence-corrected chi connectivity index (χ4v) is 6.61. The fourth-order valence-electron chi connectivity index (χ4n) is 5.65. The molecule has 1 atom stereocenters. The van der Waals surface area contributed by atoms with Gasteiger partial charge >= 0.3 is 5.97 Å². The molecule has 0 aliphatic carbocycles. The molecule has 232 valence electrons. The number of nitrogens with one attached hydrogen (secondary N) is 2. The zero-order valence-electron chi connectivity index (χ0n) is 25.2. The van der Waals surface area contributed by atoms with E-state index in [2.05, 4.69) is 15.6 Å². The van der Waals surface area contributed by atoms with E-state index in [1.54, 1.807) is 48.1 Å². The van der Waals surface area contributed by atoms with Crippen molar-refractivity contribution in [2.45, 2.75) is 38.6 Å². The molecule has 4 aromatic rings. The molecule has 2 aliphatic heterocycles. The van der Waals surface area contributed by atoms with Gasteiger partial charge in [0, 0.05) is 48.9 Å². The minimum absolute atomic E-state index is 0.00766. The highest BCUT2D eigenvalue weighted by Crippen LogP contribution is 2.34. The van der Waals surface area contributed by atoms with Crippen molar-refractivity contribution in [1.29, 1.82) is 0 Å². The second kappa shape index (κ2) is 12.6. The maximum absolute atomic E-state index is 13.0. The number of anilines is 2. The summed E-state index contributed by atoms with van der Waals surface area (Å²) in [6, 6.07) is 12.4. The van der Waals surface area contributed by atoms with Gasteiger partial charge in [0.25, 0.3) is 11.8 Å². The number of ether oxygens (including phenoxy) is 2. The van der Waals surface area contributed by atoms with Gasteiger partial charge in [0.2, 0.25) is 5.91 Å². The molecule has 3 amide bonds. The lowest BCUT2D eigenvalue weighted by molar-refractivity contribution is -0.116. The molecule has 6 rings (SSSR count). The van der Waals surface area contributed by atoms with Gasteiger partial charge in [0.15, 0.2) is 0 Å². The minimum Gasteiger partial charge on any atom is -0.493 e. The van der Waals surface area contributed by atoms with Crippen LogP contribution in [0.15, 0.2) is 53.7 Å². The van der Waals surface area contributed by atoms with E-state index < -0.39 is 5.97 Å². The number of methoxy groups -OCH3 is 1. The van der Waals surface area contributed by atoms with Crippen LogP contribution >= 0.6 is 11.3 Å². The predicted octanol–water partition coefficient (Wildman–Crippen LogP) is 5.71. The third-order valence-corrected chi connectivity index (χ3v) is 9.05. The van der Waals surface area contributed by atoms with Crippen molar-refractivity contribution < 1.29 is 28.7 Å². The lowest BCUT2D eigenvalue weighted by Gasteiger charge is -2.20. The van der Waals surface area contributed by atoms with Crippen molar-refractivity contribution in [1.82, 2.24) is 9.47 Å². The van der Waals surface area contributed by atoms with Crippen molar-refractivity contribution in [3.8, 4) is 5.75 Å². The molecular weight excluding hydrogens is 594 g/mol. The van der Waals surface area contributed by atoms with Crippen molar-refractivity contribution in [3.63, 3.8) is 0 Å². The van der Waals surface area contributed by atoms with E-state index >= 15 is 0 Å². The summed E-state index contributed by atoms with van der Waals surface area (Å²) in [5.41, 5.74) is 3.50. The SMILES string of the molecule is COC(=O)c1cc2cc(NC(=O)c3cc(NC(=O)CCCOc4cc5c(cc4C)C(=O)N4CCC[C@H]4C=N5)cn3C)ccc2s1. The van der Waals surface area contributed by atoms with Crippen molar-refractivity contribution in [2.24, 2.45) is 12.0 Å². The maximum atomic E-state index is 13.0. The summed E-state index contributed by atoms with van der Waals surface area (Å²) in [5, 5.41) is 6.55. The topological polar surface area (TPSA) is 131 Å². The van der Waals surface area contributed by atoms with Gasteiger partial charge < -0.3 is 29.6 Å². The lowest BCUT2D eigenvalue weighted by Crippen LogP contribution is -2.35. The molecular formula is C33H33N5O6S. The molecule has 12 heteroatoms. The van der Waals surface area contributed by atoms with Gasteiger partial charge in [-0.3, -0.25) is 19.4 Å². The Morgan fingerprint density at radius 2 is 1.93 bits per heavy atom. The van der Waals surface area contributed by atoms with E-state index in [1.165, 1.54) is 18.4 Å². The number of esters is 1. The summed E-state index contributed by atoms with van der Waals surface area (Å²) in [6.07, 6.45) is 6.15. The second-order valence-electron chi connectivity index (χ2n) is 11.2. The molecule has 2 aromatic heterocycles. The Bertz CT molecular complexity index is 1860. The largest absolute Gasteiger partial charge is 0.493 e. The van der Waals surface area contributed by atoms with E-state index in [4.69, 9.17) is 9.47 Å². The third-order valence-electron chi connectivity index (χ3n) is 7.96. The first-order valence-electron chi connectivity index (χ1n) is 14.7. The van der Waals surface area contributed by atoms with Crippen molar-refractivity contribution in [2.75, 3.05) is 30.9 Å². The molecule has 1 fully saturated rings. The first-order chi connectivity index (χ1) is 21.7. The Labute approximate surface area is 263 Å². The van der Waals surface area contributed by atoms with Gasteiger partial charge in [-0.1, -0.05) is 0 Å². The standard InChI is InChI=1S/C33H33N5O6S/c1-19-12-24-25(34-17-23-6-4-10-38(23)32(24)41)16-27(19)44-11-5-7-30(39)35-22-15-26(37(2)18-22)31(40)36-21-8-9-28-20(13-21)14-29(45-28)33(42)43-3/h8-9,12-18,23H,4-7,10-11H2,1-3H3,(H,35,39)(H,36,40)/t23-/m0/s1. The second-order valence-corrected chi connectivity index (χ2v) is 12.2. The number of thiophene rings is 1. The molecule has 11 nitrogen and oxygen atoms in total. The average molecular weight is 628 g/mol. The molecule has 45 heavy (non-hydrogen) atoms. The Balaban J connectivity index is 1.01. The van der Waals surface area contributed by atoms with Crippen LogP contribution in [-0.4, -0.2) is 65.7 Å². The third kappa shape index (κ3) is 6.32. The molecule has 1 saturated heterocycles. The lowest BCUT2D eigenvalue weighted by atomic mass is 10.1. The van der Waals surface area contributed by atoms with Crippen molar-refractivity contribution >= 4 is 68.4 Å². The molecule has 2 aliphatic rings. The number of hydrogen-bond acceptors (Lipinski definition) is 8. The summed E-state index contributed by atoms with van der Waals surface area (Å²) in [6.45, 7) is 2.97. The van der Waals surface area contributed by atoms with Crippen LogP contribution in [-0.2, 0) is 16.6 Å². The zero-order valence-corrected chi connectivity index (χ0v) is 26.0. The quantitative estimate of drug-likeness (QED) is 0.181. The number of hydrogen-bond donors (Lipinski definition) is 2. The fraction of sp³-hybridized carbons (Fsp3) is 0.303. The number of carbonyl (C=O) groups is 4. The number of nitrogens with zero attached hydrogens (tertiary/aromatic N) is 3. The van der Waals surface area contributed by atoms with Crippen LogP contribution in [0.4, 0.5) is 17.1 Å². The monoisotopic (exact) mass is 627 g/mol. The van der Waals surface area contributed by atoms with Crippen LogP contribution in [0.2, 0.25) is 0 Å². The highest BCUT2D eigenvalue weighted by Gasteiger charge is 2.32. The van der Waals surface area contributed by atoms with Crippen LogP contribution in [0.3, 0.4) is 0 Å². The Kier molecular flexibility index (Phi) is 8.40. The van der Waals surface area contributed by atoms with Gasteiger partial charge in [-0.05, 0) is 73.5 Å². The van der Waals surface area contributed by atoms with E-state index in [1.807, 2.05) is 30.2 Å². The molecule has 0 spiro atoms.